The number of nitrogens with zero attached hydrogens (tertiary/aromatic N) is 2. The van der Waals surface area contributed by atoms with Crippen molar-refractivity contribution in [3.63, 3.8) is 0 Å². The summed E-state index contributed by atoms with van der Waals surface area (Å²) in [4.78, 5) is 25.7. The largest absolute Gasteiger partial charge is 0.507 e. The van der Waals surface area contributed by atoms with Gasteiger partial charge >= 0.3 is 6.03 Å². The Kier molecular flexibility index (Phi) is 7.33. The van der Waals surface area contributed by atoms with Crippen LogP contribution in [0.15, 0.2) is 72.8 Å². The second-order valence-corrected chi connectivity index (χ2v) is 9.57. The van der Waals surface area contributed by atoms with Gasteiger partial charge in [-0.05, 0) is 60.9 Å². The van der Waals surface area contributed by atoms with E-state index in [1.807, 2.05) is 30.3 Å². The number of carbonyl (C=O) groups is 2. The first kappa shape index (κ1) is 25.4. The van der Waals surface area contributed by atoms with E-state index in [0.29, 0.717) is 34.1 Å². The molecule has 1 aliphatic rings. The van der Waals surface area contributed by atoms with Gasteiger partial charge in [-0.25, -0.2) is 4.79 Å². The smallest absolute Gasteiger partial charge is 0.342 e. The van der Waals surface area contributed by atoms with E-state index in [9.17, 15) is 14.7 Å². The van der Waals surface area contributed by atoms with E-state index in [-0.39, 0.29) is 23.6 Å². The average molecular weight is 531 g/mol. The van der Waals surface area contributed by atoms with Crippen LogP contribution in [0, 0.1) is 0 Å². The van der Waals surface area contributed by atoms with Crippen molar-refractivity contribution in [2.24, 2.45) is 0 Å². The summed E-state index contributed by atoms with van der Waals surface area (Å²) < 4.78 is 6.58. The van der Waals surface area contributed by atoms with Crippen LogP contribution in [0.5, 0.6) is 11.5 Å². The maximum Gasteiger partial charge on any atom is 0.342 e. The fourth-order valence-electron chi connectivity index (χ4n) is 4.35. The molecule has 0 aliphatic heterocycles. The summed E-state index contributed by atoms with van der Waals surface area (Å²) in [5.74, 6) is 0.538. The fraction of sp³-hybridized carbons (Fsp3) is 0.207. The SMILES string of the molecule is COc1ccc(CNC(=O)n2nc(-c3ccc(NC(=O)c4ccccc4Cl)cc3O)cc2C2CCC2)cc1. The number of carbonyl (C=O) groups excluding carboxylic acids is 2. The highest BCUT2D eigenvalue weighted by Crippen LogP contribution is 2.39. The molecule has 194 valence electrons. The monoisotopic (exact) mass is 530 g/mol. The van der Waals surface area contributed by atoms with Crippen LogP contribution in [-0.4, -0.2) is 33.9 Å². The zero-order valence-corrected chi connectivity index (χ0v) is 21.5. The second kappa shape index (κ2) is 11.0. The van der Waals surface area contributed by atoms with Gasteiger partial charge in [0.1, 0.15) is 11.5 Å². The van der Waals surface area contributed by atoms with Crippen molar-refractivity contribution in [1.82, 2.24) is 15.1 Å². The Morgan fingerprint density at radius 1 is 1.08 bits per heavy atom. The summed E-state index contributed by atoms with van der Waals surface area (Å²) >= 11 is 6.12. The highest BCUT2D eigenvalue weighted by molar-refractivity contribution is 6.34. The third kappa shape index (κ3) is 5.35. The molecule has 9 heteroatoms. The molecule has 8 nitrogen and oxygen atoms in total. The first-order valence-corrected chi connectivity index (χ1v) is 12.7. The Morgan fingerprint density at radius 2 is 1.84 bits per heavy atom. The maximum atomic E-state index is 13.1. The predicted molar refractivity (Wildman–Crippen MR) is 146 cm³/mol. The van der Waals surface area contributed by atoms with Gasteiger partial charge in [0.25, 0.3) is 5.91 Å². The molecule has 4 aromatic rings. The Hall–Kier alpha value is -4.30. The first-order valence-electron chi connectivity index (χ1n) is 12.3. The molecule has 0 radical (unpaired) electrons. The van der Waals surface area contributed by atoms with Crippen LogP contribution in [0.25, 0.3) is 11.3 Å². The van der Waals surface area contributed by atoms with Gasteiger partial charge in [0, 0.05) is 29.8 Å². The molecular weight excluding hydrogens is 504 g/mol. The first-order chi connectivity index (χ1) is 18.4. The number of anilines is 1. The number of nitrogens with one attached hydrogen (secondary N) is 2. The molecule has 0 saturated heterocycles. The minimum absolute atomic E-state index is 0.0644. The summed E-state index contributed by atoms with van der Waals surface area (Å²) in [6, 6.07) is 20.5. The molecule has 1 fully saturated rings. The minimum Gasteiger partial charge on any atom is -0.507 e. The fourth-order valence-corrected chi connectivity index (χ4v) is 4.57. The number of hydrogen-bond acceptors (Lipinski definition) is 5. The molecule has 38 heavy (non-hydrogen) atoms. The zero-order chi connectivity index (χ0) is 26.6. The van der Waals surface area contributed by atoms with Crippen LogP contribution in [-0.2, 0) is 6.54 Å². The lowest BCUT2D eigenvalue weighted by Gasteiger charge is -2.25. The number of methoxy groups -OCH3 is 1. The number of phenols is 1. The Labute approximate surface area is 225 Å². The van der Waals surface area contributed by atoms with Crippen LogP contribution in [0.3, 0.4) is 0 Å². The van der Waals surface area contributed by atoms with Gasteiger partial charge in [-0.1, -0.05) is 42.3 Å². The third-order valence-corrected chi connectivity index (χ3v) is 7.04. The van der Waals surface area contributed by atoms with Crippen LogP contribution < -0.4 is 15.4 Å². The van der Waals surface area contributed by atoms with Crippen molar-refractivity contribution in [2.45, 2.75) is 31.7 Å². The van der Waals surface area contributed by atoms with Gasteiger partial charge < -0.3 is 20.5 Å². The van der Waals surface area contributed by atoms with E-state index in [1.54, 1.807) is 43.5 Å². The number of halogens is 1. The topological polar surface area (TPSA) is 105 Å². The summed E-state index contributed by atoms with van der Waals surface area (Å²) in [5.41, 5.74) is 3.43. The summed E-state index contributed by atoms with van der Waals surface area (Å²) in [6.45, 7) is 0.340. The van der Waals surface area contributed by atoms with Gasteiger partial charge in [0.05, 0.1) is 29.1 Å². The van der Waals surface area contributed by atoms with Crippen LogP contribution in [0.2, 0.25) is 5.02 Å². The molecule has 0 unspecified atom stereocenters. The molecule has 1 saturated carbocycles. The number of aromatic hydroxyl groups is 1. The molecule has 3 aromatic carbocycles. The number of ether oxygens (including phenoxy) is 1. The molecule has 0 bridgehead atoms. The lowest BCUT2D eigenvalue weighted by atomic mass is 9.82. The number of amides is 2. The van der Waals surface area contributed by atoms with Gasteiger partial charge in [-0.3, -0.25) is 4.79 Å². The lowest BCUT2D eigenvalue weighted by molar-refractivity contribution is 0.102. The summed E-state index contributed by atoms with van der Waals surface area (Å²) in [5, 5.41) is 21.4. The molecular formula is C29H27ClN4O4. The maximum absolute atomic E-state index is 13.1. The molecule has 1 heterocycles. The van der Waals surface area contributed by atoms with E-state index in [0.717, 1.165) is 36.3 Å². The van der Waals surface area contributed by atoms with E-state index < -0.39 is 0 Å². The van der Waals surface area contributed by atoms with Gasteiger partial charge in [-0.2, -0.15) is 9.78 Å². The molecule has 1 aromatic heterocycles. The van der Waals surface area contributed by atoms with Crippen LogP contribution in [0.4, 0.5) is 10.5 Å². The molecule has 1 aliphatic carbocycles. The number of benzene rings is 3. The Morgan fingerprint density at radius 3 is 2.50 bits per heavy atom. The third-order valence-electron chi connectivity index (χ3n) is 6.71. The number of hydrogen-bond donors (Lipinski definition) is 3. The van der Waals surface area contributed by atoms with Crippen molar-refractivity contribution in [3.8, 4) is 22.8 Å². The van der Waals surface area contributed by atoms with Crippen molar-refractivity contribution < 1.29 is 19.4 Å². The van der Waals surface area contributed by atoms with E-state index in [4.69, 9.17) is 16.3 Å². The van der Waals surface area contributed by atoms with Crippen molar-refractivity contribution in [1.29, 1.82) is 0 Å². The second-order valence-electron chi connectivity index (χ2n) is 9.17. The quantitative estimate of drug-likeness (QED) is 0.264. The minimum atomic E-state index is -0.382. The Bertz CT molecular complexity index is 1480. The van der Waals surface area contributed by atoms with E-state index in [2.05, 4.69) is 15.7 Å². The van der Waals surface area contributed by atoms with Gasteiger partial charge in [0.15, 0.2) is 0 Å². The van der Waals surface area contributed by atoms with E-state index in [1.165, 1.54) is 10.7 Å². The zero-order valence-electron chi connectivity index (χ0n) is 20.8. The summed E-state index contributed by atoms with van der Waals surface area (Å²) in [6.07, 6.45) is 3.06. The van der Waals surface area contributed by atoms with Gasteiger partial charge in [-0.15, -0.1) is 0 Å². The predicted octanol–water partition coefficient (Wildman–Crippen LogP) is 6.20. The Balaban J connectivity index is 1.35. The highest BCUT2D eigenvalue weighted by Gasteiger charge is 2.27. The number of rotatable bonds is 7. The molecule has 5 rings (SSSR count). The molecule has 2 amide bonds. The number of phenolic OH excluding ortho intramolecular Hbond substituents is 1. The van der Waals surface area contributed by atoms with Crippen LogP contribution in [0.1, 0.15) is 46.8 Å². The van der Waals surface area contributed by atoms with E-state index >= 15 is 0 Å². The average Bonchev–Trinajstić information content (AvgIpc) is 3.31. The summed E-state index contributed by atoms with van der Waals surface area (Å²) in [7, 11) is 1.61. The lowest BCUT2D eigenvalue weighted by Crippen LogP contribution is -2.31. The molecule has 0 atom stereocenters. The van der Waals surface area contributed by atoms with Crippen molar-refractivity contribution in [3.05, 3.63) is 94.6 Å². The van der Waals surface area contributed by atoms with Crippen molar-refractivity contribution in [2.75, 3.05) is 12.4 Å². The standard InChI is InChI=1S/C29H27ClN4O4/c1-38-21-12-9-18(10-13-21)17-31-29(37)34-26(19-5-4-6-19)16-25(33-34)23-14-11-20(15-27(23)35)32-28(36)22-7-2-3-8-24(22)30/h2-3,7-16,19,35H,4-6,17H2,1H3,(H,31,37)(H,32,36). The van der Waals surface area contributed by atoms with Crippen molar-refractivity contribution >= 4 is 29.2 Å². The highest BCUT2D eigenvalue weighted by atomic mass is 35.5. The van der Waals surface area contributed by atoms with Crippen LogP contribution >= 0.6 is 11.6 Å². The molecule has 0 spiro atoms. The molecule has 3 N–H and O–H groups in total. The normalized spacial score (nSPS) is 13.0. The number of aromatic nitrogens is 2. The van der Waals surface area contributed by atoms with Gasteiger partial charge in [0.2, 0.25) is 0 Å².